The van der Waals surface area contributed by atoms with E-state index in [1.54, 1.807) is 0 Å². The largest absolute Gasteiger partial charge is 0.478 e. The molecule has 0 aliphatic rings. The molecule has 0 atom stereocenters. The first-order valence-electron chi connectivity index (χ1n) is 8.43. The fourth-order valence-electron chi connectivity index (χ4n) is 2.11. The lowest BCUT2D eigenvalue weighted by Crippen LogP contribution is -2.07. The molecule has 0 aliphatic heterocycles. The Bertz CT molecular complexity index is 394. The Kier molecular flexibility index (Phi) is 8.79. The molecule has 4 heteroatoms. The molecule has 1 aromatic heterocycles. The van der Waals surface area contributed by atoms with Gasteiger partial charge in [0.25, 0.3) is 0 Å². The van der Waals surface area contributed by atoms with Crippen molar-refractivity contribution in [2.75, 3.05) is 18.5 Å². The second-order valence-electron chi connectivity index (χ2n) is 5.75. The monoisotopic (exact) mass is 293 g/mol. The molecule has 0 unspecified atom stereocenters. The van der Waals surface area contributed by atoms with Crippen LogP contribution in [-0.2, 0) is 0 Å². The summed E-state index contributed by atoms with van der Waals surface area (Å²) >= 11 is 0. The predicted molar refractivity (Wildman–Crippen MR) is 89.2 cm³/mol. The summed E-state index contributed by atoms with van der Waals surface area (Å²) in [5.74, 6) is 2.69. The third kappa shape index (κ3) is 7.30. The maximum Gasteiger partial charge on any atom is 0.218 e. The highest BCUT2D eigenvalue weighted by atomic mass is 16.5. The average Bonchev–Trinajstić information content (AvgIpc) is 2.46. The molecule has 1 aromatic rings. The van der Waals surface area contributed by atoms with Crippen LogP contribution in [0.1, 0.15) is 78.0 Å². The molecular weight excluding hydrogens is 262 g/mol. The van der Waals surface area contributed by atoms with E-state index in [1.807, 2.05) is 6.07 Å². The van der Waals surface area contributed by atoms with Crippen LogP contribution in [0.5, 0.6) is 5.88 Å². The van der Waals surface area contributed by atoms with Crippen molar-refractivity contribution < 1.29 is 4.74 Å². The minimum absolute atomic E-state index is 0.306. The standard InChI is InChI=1S/C17H31N3O/c1-5-7-8-9-10-11-12-21-16-13-15(18-6-2)19-17(20-16)14(3)4/h13-14H,5-12H2,1-4H3,(H,18,19,20). The van der Waals surface area contributed by atoms with Crippen LogP contribution in [0, 0.1) is 0 Å². The van der Waals surface area contributed by atoms with E-state index in [0.29, 0.717) is 11.8 Å². The predicted octanol–water partition coefficient (Wildman–Crippen LogP) is 4.77. The van der Waals surface area contributed by atoms with E-state index in [2.05, 4.69) is 43.0 Å². The molecule has 0 bridgehead atoms. The number of rotatable bonds is 11. The van der Waals surface area contributed by atoms with Gasteiger partial charge in [0.05, 0.1) is 6.61 Å². The second kappa shape index (κ2) is 10.4. The van der Waals surface area contributed by atoms with Gasteiger partial charge in [0, 0.05) is 18.5 Å². The Hall–Kier alpha value is -1.32. The van der Waals surface area contributed by atoms with Gasteiger partial charge in [-0.25, -0.2) is 4.98 Å². The Morgan fingerprint density at radius 2 is 1.76 bits per heavy atom. The number of anilines is 1. The number of aromatic nitrogens is 2. The van der Waals surface area contributed by atoms with Crippen molar-refractivity contribution in [1.29, 1.82) is 0 Å². The van der Waals surface area contributed by atoms with Gasteiger partial charge >= 0.3 is 0 Å². The van der Waals surface area contributed by atoms with Gasteiger partial charge in [-0.3, -0.25) is 0 Å². The molecule has 4 nitrogen and oxygen atoms in total. The summed E-state index contributed by atoms with van der Waals surface area (Å²) in [4.78, 5) is 8.99. The van der Waals surface area contributed by atoms with Crippen LogP contribution < -0.4 is 10.1 Å². The normalized spacial score (nSPS) is 10.9. The Morgan fingerprint density at radius 1 is 1.05 bits per heavy atom. The van der Waals surface area contributed by atoms with Gasteiger partial charge in [-0.1, -0.05) is 52.9 Å². The molecule has 0 spiro atoms. The van der Waals surface area contributed by atoms with Gasteiger partial charge in [0.1, 0.15) is 11.6 Å². The van der Waals surface area contributed by atoms with E-state index in [1.165, 1.54) is 32.1 Å². The van der Waals surface area contributed by atoms with Gasteiger partial charge in [-0.15, -0.1) is 0 Å². The quantitative estimate of drug-likeness (QED) is 0.597. The molecule has 0 aromatic carbocycles. The zero-order valence-corrected chi connectivity index (χ0v) is 14.1. The summed E-state index contributed by atoms with van der Waals surface area (Å²) in [6.45, 7) is 10.1. The molecule has 120 valence electrons. The molecule has 0 amide bonds. The van der Waals surface area contributed by atoms with Crippen molar-refractivity contribution >= 4 is 5.82 Å². The van der Waals surface area contributed by atoms with E-state index < -0.39 is 0 Å². The van der Waals surface area contributed by atoms with Gasteiger partial charge in [-0.2, -0.15) is 4.98 Å². The van der Waals surface area contributed by atoms with Crippen molar-refractivity contribution in [3.05, 3.63) is 11.9 Å². The number of ether oxygens (including phenoxy) is 1. The topological polar surface area (TPSA) is 47.0 Å². The smallest absolute Gasteiger partial charge is 0.218 e. The molecule has 0 saturated carbocycles. The van der Waals surface area contributed by atoms with Crippen LogP contribution in [0.25, 0.3) is 0 Å². The molecule has 0 aliphatic carbocycles. The second-order valence-corrected chi connectivity index (χ2v) is 5.75. The maximum absolute atomic E-state index is 5.80. The average molecular weight is 293 g/mol. The first-order chi connectivity index (χ1) is 10.2. The molecule has 0 saturated heterocycles. The van der Waals surface area contributed by atoms with Crippen LogP contribution in [0.4, 0.5) is 5.82 Å². The lowest BCUT2D eigenvalue weighted by atomic mass is 10.1. The molecule has 1 heterocycles. The summed E-state index contributed by atoms with van der Waals surface area (Å²) in [6, 6.07) is 1.90. The van der Waals surface area contributed by atoms with Crippen LogP contribution >= 0.6 is 0 Å². The number of nitrogens with zero attached hydrogens (tertiary/aromatic N) is 2. The summed E-state index contributed by atoms with van der Waals surface area (Å²) in [5.41, 5.74) is 0. The summed E-state index contributed by atoms with van der Waals surface area (Å²) in [6.07, 6.45) is 7.62. The van der Waals surface area contributed by atoms with Crippen LogP contribution in [0.15, 0.2) is 6.07 Å². The summed E-state index contributed by atoms with van der Waals surface area (Å²) in [7, 11) is 0. The summed E-state index contributed by atoms with van der Waals surface area (Å²) < 4.78 is 5.80. The number of hydrogen-bond donors (Lipinski definition) is 1. The minimum Gasteiger partial charge on any atom is -0.478 e. The van der Waals surface area contributed by atoms with Crippen molar-refractivity contribution in [3.8, 4) is 5.88 Å². The molecule has 1 rings (SSSR count). The van der Waals surface area contributed by atoms with Crippen LogP contribution in [0.2, 0.25) is 0 Å². The minimum atomic E-state index is 0.306. The fraction of sp³-hybridized carbons (Fsp3) is 0.765. The zero-order chi connectivity index (χ0) is 15.5. The van der Waals surface area contributed by atoms with Crippen LogP contribution in [0.3, 0.4) is 0 Å². The van der Waals surface area contributed by atoms with Gasteiger partial charge in [0.15, 0.2) is 0 Å². The van der Waals surface area contributed by atoms with E-state index >= 15 is 0 Å². The highest BCUT2D eigenvalue weighted by Gasteiger charge is 2.08. The van der Waals surface area contributed by atoms with Gasteiger partial charge in [-0.05, 0) is 13.3 Å². The third-order valence-corrected chi connectivity index (χ3v) is 3.34. The Labute approximate surface area is 129 Å². The number of nitrogens with one attached hydrogen (secondary N) is 1. The first kappa shape index (κ1) is 17.7. The van der Waals surface area contributed by atoms with E-state index in [-0.39, 0.29) is 0 Å². The zero-order valence-electron chi connectivity index (χ0n) is 14.1. The lowest BCUT2D eigenvalue weighted by molar-refractivity contribution is 0.291. The molecule has 1 N–H and O–H groups in total. The molecular formula is C17H31N3O. The van der Waals surface area contributed by atoms with E-state index in [4.69, 9.17) is 4.74 Å². The maximum atomic E-state index is 5.80. The third-order valence-electron chi connectivity index (χ3n) is 3.34. The lowest BCUT2D eigenvalue weighted by Gasteiger charge is -2.11. The SMILES string of the molecule is CCCCCCCCOc1cc(NCC)nc(C(C)C)n1. The van der Waals surface area contributed by atoms with Crippen molar-refractivity contribution in [2.45, 2.75) is 72.1 Å². The molecule has 0 radical (unpaired) electrons. The molecule has 0 fully saturated rings. The van der Waals surface area contributed by atoms with E-state index in [0.717, 1.165) is 31.2 Å². The van der Waals surface area contributed by atoms with Gasteiger partial charge < -0.3 is 10.1 Å². The highest BCUT2D eigenvalue weighted by Crippen LogP contribution is 2.19. The summed E-state index contributed by atoms with van der Waals surface area (Å²) in [5, 5.41) is 3.24. The van der Waals surface area contributed by atoms with Crippen molar-refractivity contribution in [1.82, 2.24) is 9.97 Å². The fourth-order valence-corrected chi connectivity index (χ4v) is 2.11. The van der Waals surface area contributed by atoms with Gasteiger partial charge in [0.2, 0.25) is 5.88 Å². The Morgan fingerprint density at radius 3 is 2.43 bits per heavy atom. The van der Waals surface area contributed by atoms with Crippen molar-refractivity contribution in [2.24, 2.45) is 0 Å². The Balaban J connectivity index is 2.42. The first-order valence-corrected chi connectivity index (χ1v) is 8.43. The molecule has 21 heavy (non-hydrogen) atoms. The highest BCUT2D eigenvalue weighted by molar-refractivity contribution is 5.38. The number of unbranched alkanes of at least 4 members (excludes halogenated alkanes) is 5. The number of hydrogen-bond acceptors (Lipinski definition) is 4. The van der Waals surface area contributed by atoms with E-state index in [9.17, 15) is 0 Å². The van der Waals surface area contributed by atoms with Crippen LogP contribution in [-0.4, -0.2) is 23.1 Å². The van der Waals surface area contributed by atoms with Crippen molar-refractivity contribution in [3.63, 3.8) is 0 Å².